The summed E-state index contributed by atoms with van der Waals surface area (Å²) in [5, 5.41) is 2.79. The summed E-state index contributed by atoms with van der Waals surface area (Å²) in [6.45, 7) is 0.679. The number of rotatable bonds is 3. The maximum Gasteiger partial charge on any atom is 0.291 e. The molecular formula is C15H13BrN2O3. The molecule has 0 saturated carbocycles. The summed E-state index contributed by atoms with van der Waals surface area (Å²) in [5.41, 5.74) is 1.32. The molecule has 1 N–H and O–H groups in total. The maximum atomic E-state index is 12.1. The Balaban J connectivity index is 1.85. The Labute approximate surface area is 130 Å². The lowest BCUT2D eigenvalue weighted by Crippen LogP contribution is -2.25. The van der Waals surface area contributed by atoms with Crippen molar-refractivity contribution in [1.29, 1.82) is 0 Å². The third-order valence-electron chi connectivity index (χ3n) is 3.31. The van der Waals surface area contributed by atoms with Gasteiger partial charge in [0.2, 0.25) is 5.91 Å². The number of benzene rings is 1. The van der Waals surface area contributed by atoms with Gasteiger partial charge in [0.1, 0.15) is 0 Å². The zero-order chi connectivity index (χ0) is 14.8. The Morgan fingerprint density at radius 2 is 2.05 bits per heavy atom. The molecular weight excluding hydrogens is 336 g/mol. The monoisotopic (exact) mass is 348 g/mol. The minimum atomic E-state index is -0.347. The van der Waals surface area contributed by atoms with Gasteiger partial charge >= 0.3 is 0 Å². The lowest BCUT2D eigenvalue weighted by atomic mass is 10.2. The highest BCUT2D eigenvalue weighted by molar-refractivity contribution is 9.10. The first-order valence-corrected chi connectivity index (χ1v) is 7.40. The molecule has 1 aromatic carbocycles. The zero-order valence-electron chi connectivity index (χ0n) is 11.1. The van der Waals surface area contributed by atoms with Crippen molar-refractivity contribution in [2.24, 2.45) is 0 Å². The molecule has 1 aliphatic heterocycles. The molecule has 1 aliphatic rings. The number of nitrogens with zero attached hydrogens (tertiary/aromatic N) is 1. The molecule has 0 spiro atoms. The van der Waals surface area contributed by atoms with E-state index in [4.69, 9.17) is 4.42 Å². The van der Waals surface area contributed by atoms with Crippen LogP contribution in [0.25, 0.3) is 0 Å². The van der Waals surface area contributed by atoms with Gasteiger partial charge in [-0.2, -0.15) is 0 Å². The van der Waals surface area contributed by atoms with Crippen molar-refractivity contribution in [3.63, 3.8) is 0 Å². The van der Waals surface area contributed by atoms with E-state index in [9.17, 15) is 9.59 Å². The SMILES string of the molecule is O=C(Nc1ccccc1N1CCCC1=O)c1ccc(Br)o1. The second-order valence-corrected chi connectivity index (χ2v) is 5.51. The first-order valence-electron chi connectivity index (χ1n) is 6.61. The number of anilines is 2. The predicted octanol–water partition coefficient (Wildman–Crippen LogP) is 3.42. The van der Waals surface area contributed by atoms with Crippen LogP contribution in [0.5, 0.6) is 0 Å². The molecule has 2 aromatic rings. The van der Waals surface area contributed by atoms with Crippen molar-refractivity contribution < 1.29 is 14.0 Å². The van der Waals surface area contributed by atoms with E-state index in [1.807, 2.05) is 18.2 Å². The van der Waals surface area contributed by atoms with Crippen LogP contribution >= 0.6 is 15.9 Å². The maximum absolute atomic E-state index is 12.1. The van der Waals surface area contributed by atoms with Crippen LogP contribution in [0.3, 0.4) is 0 Å². The van der Waals surface area contributed by atoms with Crippen LogP contribution in [-0.2, 0) is 4.79 Å². The molecule has 0 bridgehead atoms. The summed E-state index contributed by atoms with van der Waals surface area (Å²) in [4.78, 5) is 25.7. The van der Waals surface area contributed by atoms with E-state index in [-0.39, 0.29) is 17.6 Å². The smallest absolute Gasteiger partial charge is 0.291 e. The number of hydrogen-bond donors (Lipinski definition) is 1. The Hall–Kier alpha value is -2.08. The minimum Gasteiger partial charge on any atom is -0.444 e. The Morgan fingerprint density at radius 3 is 2.71 bits per heavy atom. The van der Waals surface area contributed by atoms with Crippen LogP contribution in [0.1, 0.15) is 23.4 Å². The van der Waals surface area contributed by atoms with E-state index in [1.54, 1.807) is 23.1 Å². The number of hydrogen-bond acceptors (Lipinski definition) is 3. The molecule has 2 amide bonds. The highest BCUT2D eigenvalue weighted by Crippen LogP contribution is 2.29. The zero-order valence-corrected chi connectivity index (χ0v) is 12.7. The van der Waals surface area contributed by atoms with E-state index >= 15 is 0 Å². The van der Waals surface area contributed by atoms with Crippen LogP contribution in [0, 0.1) is 0 Å². The summed E-state index contributed by atoms with van der Waals surface area (Å²) >= 11 is 3.16. The molecule has 2 heterocycles. The fourth-order valence-corrected chi connectivity index (χ4v) is 2.64. The van der Waals surface area contributed by atoms with Gasteiger partial charge in [-0.15, -0.1) is 0 Å². The normalized spacial score (nSPS) is 14.5. The third kappa shape index (κ3) is 2.85. The second-order valence-electron chi connectivity index (χ2n) is 4.72. The lowest BCUT2D eigenvalue weighted by Gasteiger charge is -2.19. The number of furan rings is 1. The second kappa shape index (κ2) is 5.73. The molecule has 3 rings (SSSR count). The molecule has 0 unspecified atom stereocenters. The van der Waals surface area contributed by atoms with Gasteiger partial charge in [0.25, 0.3) is 5.91 Å². The summed E-state index contributed by atoms with van der Waals surface area (Å²) in [5.74, 6) is -0.0540. The summed E-state index contributed by atoms with van der Waals surface area (Å²) in [6, 6.07) is 10.5. The summed E-state index contributed by atoms with van der Waals surface area (Å²) < 4.78 is 5.72. The Bertz CT molecular complexity index is 696. The molecule has 108 valence electrons. The van der Waals surface area contributed by atoms with Crippen LogP contribution in [0.15, 0.2) is 45.5 Å². The van der Waals surface area contributed by atoms with Gasteiger partial charge in [0, 0.05) is 13.0 Å². The summed E-state index contributed by atoms with van der Waals surface area (Å²) in [7, 11) is 0. The molecule has 0 radical (unpaired) electrons. The van der Waals surface area contributed by atoms with Crippen LogP contribution < -0.4 is 10.2 Å². The number of carbonyl (C=O) groups is 2. The highest BCUT2D eigenvalue weighted by Gasteiger charge is 2.24. The van der Waals surface area contributed by atoms with Crippen molar-refractivity contribution in [3.8, 4) is 0 Å². The van der Waals surface area contributed by atoms with E-state index in [2.05, 4.69) is 21.2 Å². The molecule has 0 atom stereocenters. The van der Waals surface area contributed by atoms with Gasteiger partial charge in [-0.1, -0.05) is 12.1 Å². The van der Waals surface area contributed by atoms with Crippen LogP contribution in [0.4, 0.5) is 11.4 Å². The Morgan fingerprint density at radius 1 is 1.24 bits per heavy atom. The van der Waals surface area contributed by atoms with Gasteiger partial charge < -0.3 is 14.6 Å². The number of halogens is 1. The standard InChI is InChI=1S/C15H13BrN2O3/c16-13-8-7-12(21-13)15(20)17-10-4-1-2-5-11(10)18-9-3-6-14(18)19/h1-2,4-5,7-8H,3,6,9H2,(H,17,20). The summed E-state index contributed by atoms with van der Waals surface area (Å²) in [6.07, 6.45) is 1.39. The minimum absolute atomic E-state index is 0.0810. The molecule has 5 nitrogen and oxygen atoms in total. The molecule has 6 heteroatoms. The average molecular weight is 349 g/mol. The van der Waals surface area contributed by atoms with E-state index < -0.39 is 0 Å². The fraction of sp³-hybridized carbons (Fsp3) is 0.200. The van der Waals surface area contributed by atoms with Crippen molar-refractivity contribution >= 4 is 39.1 Å². The predicted molar refractivity (Wildman–Crippen MR) is 82.4 cm³/mol. The lowest BCUT2D eigenvalue weighted by molar-refractivity contribution is -0.117. The quantitative estimate of drug-likeness (QED) is 0.924. The van der Waals surface area contributed by atoms with Gasteiger partial charge in [0.15, 0.2) is 10.4 Å². The van der Waals surface area contributed by atoms with Crippen molar-refractivity contribution in [2.75, 3.05) is 16.8 Å². The first kappa shape index (κ1) is 13.9. The highest BCUT2D eigenvalue weighted by atomic mass is 79.9. The fourth-order valence-electron chi connectivity index (χ4n) is 2.34. The molecule has 1 fully saturated rings. The van der Waals surface area contributed by atoms with Gasteiger partial charge in [-0.05, 0) is 46.6 Å². The van der Waals surface area contributed by atoms with Crippen molar-refractivity contribution in [3.05, 3.63) is 46.8 Å². The average Bonchev–Trinajstić information content (AvgIpc) is 3.08. The van der Waals surface area contributed by atoms with Gasteiger partial charge in [0.05, 0.1) is 11.4 Å². The van der Waals surface area contributed by atoms with E-state index in [0.29, 0.717) is 23.3 Å². The third-order valence-corrected chi connectivity index (χ3v) is 3.74. The topological polar surface area (TPSA) is 62.6 Å². The van der Waals surface area contributed by atoms with E-state index in [1.165, 1.54) is 0 Å². The largest absolute Gasteiger partial charge is 0.444 e. The molecule has 1 saturated heterocycles. The number of carbonyl (C=O) groups excluding carboxylic acids is 2. The van der Waals surface area contributed by atoms with Gasteiger partial charge in [-0.25, -0.2) is 0 Å². The van der Waals surface area contributed by atoms with Crippen LogP contribution in [0.2, 0.25) is 0 Å². The number of para-hydroxylation sites is 2. The molecule has 21 heavy (non-hydrogen) atoms. The van der Waals surface area contributed by atoms with Crippen molar-refractivity contribution in [2.45, 2.75) is 12.8 Å². The first-order chi connectivity index (χ1) is 10.1. The van der Waals surface area contributed by atoms with Crippen molar-refractivity contribution in [1.82, 2.24) is 0 Å². The number of nitrogens with one attached hydrogen (secondary N) is 1. The molecule has 1 aromatic heterocycles. The van der Waals surface area contributed by atoms with Gasteiger partial charge in [-0.3, -0.25) is 9.59 Å². The molecule has 0 aliphatic carbocycles. The Kier molecular flexibility index (Phi) is 3.79. The van der Waals surface area contributed by atoms with Crippen LogP contribution in [-0.4, -0.2) is 18.4 Å². The number of amides is 2. The van der Waals surface area contributed by atoms with E-state index in [0.717, 1.165) is 12.1 Å².